The van der Waals surface area contributed by atoms with Gasteiger partial charge in [-0.3, -0.25) is 9.79 Å². The summed E-state index contributed by atoms with van der Waals surface area (Å²) in [5.74, 6) is -0.213. The molecule has 0 aliphatic carbocycles. The molecule has 0 radical (unpaired) electrons. The van der Waals surface area contributed by atoms with E-state index in [-0.39, 0.29) is 5.91 Å². The number of aliphatic imine (C=N–C) groups is 1. The van der Waals surface area contributed by atoms with E-state index in [1.54, 1.807) is 12.3 Å². The number of rotatable bonds is 1. The van der Waals surface area contributed by atoms with Crippen LogP contribution in [-0.2, 0) is 4.79 Å². The average Bonchev–Trinajstić information content (AvgIpc) is 2.95. The fraction of sp³-hybridized carbons (Fsp3) is 0. The smallest absolute Gasteiger partial charge is 0.267 e. The first-order valence-corrected chi connectivity index (χ1v) is 6.40. The van der Waals surface area contributed by atoms with E-state index in [1.807, 2.05) is 48.5 Å². The second-order valence-electron chi connectivity index (χ2n) is 4.72. The number of carbonyl (C=O) groups excluding carboxylic acids is 1. The average molecular weight is 258 g/mol. The van der Waals surface area contributed by atoms with E-state index >= 15 is 0 Å². The van der Waals surface area contributed by atoms with Crippen molar-refractivity contribution in [3.8, 4) is 0 Å². The van der Waals surface area contributed by atoms with Crippen LogP contribution in [0.4, 0.5) is 0 Å². The van der Waals surface area contributed by atoms with Gasteiger partial charge in [0.05, 0.1) is 11.1 Å². The van der Waals surface area contributed by atoms with Gasteiger partial charge in [-0.25, -0.2) is 4.99 Å². The predicted molar refractivity (Wildman–Crippen MR) is 77.8 cm³/mol. The summed E-state index contributed by atoms with van der Waals surface area (Å²) in [6.07, 6.45) is 5.33. The first-order valence-electron chi connectivity index (χ1n) is 6.40. The van der Waals surface area contributed by atoms with E-state index in [0.29, 0.717) is 0 Å². The van der Waals surface area contributed by atoms with Crippen molar-refractivity contribution in [2.75, 3.05) is 0 Å². The lowest BCUT2D eigenvalue weighted by Crippen LogP contribution is -2.28. The maximum atomic E-state index is 11.8. The fourth-order valence-corrected chi connectivity index (χ4v) is 2.62. The second-order valence-corrected chi connectivity index (χ2v) is 4.72. The molecule has 0 fully saturated rings. The van der Waals surface area contributed by atoms with Crippen molar-refractivity contribution in [1.82, 2.24) is 0 Å². The van der Waals surface area contributed by atoms with Gasteiger partial charge in [0.25, 0.3) is 5.91 Å². The minimum Gasteiger partial charge on any atom is -0.267 e. The van der Waals surface area contributed by atoms with Crippen LogP contribution in [-0.4, -0.2) is 11.6 Å². The van der Waals surface area contributed by atoms with E-state index in [1.165, 1.54) is 0 Å². The van der Waals surface area contributed by atoms with Crippen LogP contribution < -0.4 is 10.6 Å². The number of amides is 1. The highest BCUT2D eigenvalue weighted by atomic mass is 16.1. The van der Waals surface area contributed by atoms with Gasteiger partial charge in [-0.2, -0.15) is 0 Å². The molecule has 2 aromatic carbocycles. The lowest BCUT2D eigenvalue weighted by Gasteiger charge is -2.13. The molecular formula is C17H10N2O. The Morgan fingerprint density at radius 1 is 0.950 bits per heavy atom. The molecule has 94 valence electrons. The van der Waals surface area contributed by atoms with Crippen molar-refractivity contribution >= 4 is 23.8 Å². The summed E-state index contributed by atoms with van der Waals surface area (Å²) < 4.78 is 0. The van der Waals surface area contributed by atoms with E-state index in [9.17, 15) is 4.79 Å². The number of hydrogen-bond donors (Lipinski definition) is 0. The van der Waals surface area contributed by atoms with E-state index in [2.05, 4.69) is 9.98 Å². The summed E-state index contributed by atoms with van der Waals surface area (Å²) in [6.45, 7) is 0. The monoisotopic (exact) mass is 258 g/mol. The largest absolute Gasteiger partial charge is 0.270 e. The molecule has 0 bridgehead atoms. The highest BCUT2D eigenvalue weighted by Crippen LogP contribution is 2.16. The molecule has 0 spiro atoms. The molecule has 1 amide bonds. The number of carbonyl (C=O) groups is 1. The maximum Gasteiger partial charge on any atom is 0.270 e. The third-order valence-electron chi connectivity index (χ3n) is 3.49. The summed E-state index contributed by atoms with van der Waals surface area (Å²) in [7, 11) is 0. The van der Waals surface area contributed by atoms with Gasteiger partial charge in [0.2, 0.25) is 0 Å². The van der Waals surface area contributed by atoms with Crippen LogP contribution in [0.5, 0.6) is 0 Å². The van der Waals surface area contributed by atoms with E-state index in [4.69, 9.17) is 0 Å². The zero-order valence-corrected chi connectivity index (χ0v) is 10.6. The Hall–Kier alpha value is -2.81. The minimum atomic E-state index is -0.213. The standard InChI is InChI=1S/C17H10N2O/c20-15-10-12-6-7-14-13(8-9-18-14)16(12)17(19-15)11-4-2-1-3-5-11/h1-10H. The molecule has 0 N–H and O–H groups in total. The molecule has 0 atom stereocenters. The Labute approximate surface area is 115 Å². The Morgan fingerprint density at radius 3 is 2.65 bits per heavy atom. The number of nitrogens with zero attached hydrogens (tertiary/aromatic N) is 2. The molecule has 4 rings (SSSR count). The highest BCUT2D eigenvalue weighted by molar-refractivity contribution is 6.25. The Balaban J connectivity index is 2.08. The van der Waals surface area contributed by atoms with E-state index < -0.39 is 0 Å². The van der Waals surface area contributed by atoms with E-state index in [0.717, 1.165) is 33.0 Å². The summed E-state index contributed by atoms with van der Waals surface area (Å²) in [5, 5.41) is 1.83. The van der Waals surface area contributed by atoms with Crippen LogP contribution in [0.2, 0.25) is 0 Å². The van der Waals surface area contributed by atoms with Gasteiger partial charge in [0, 0.05) is 29.0 Å². The molecule has 2 aliphatic heterocycles. The lowest BCUT2D eigenvalue weighted by molar-refractivity contribution is -0.112. The minimum absolute atomic E-state index is 0.213. The van der Waals surface area contributed by atoms with Gasteiger partial charge in [-0.15, -0.1) is 0 Å². The summed E-state index contributed by atoms with van der Waals surface area (Å²) >= 11 is 0. The van der Waals surface area contributed by atoms with Gasteiger partial charge in [-0.1, -0.05) is 36.4 Å². The summed E-state index contributed by atoms with van der Waals surface area (Å²) in [4.78, 5) is 20.4. The predicted octanol–water partition coefficient (Wildman–Crippen LogP) is 1.45. The van der Waals surface area contributed by atoms with Gasteiger partial charge in [-0.05, 0) is 17.4 Å². The highest BCUT2D eigenvalue weighted by Gasteiger charge is 2.19. The van der Waals surface area contributed by atoms with Crippen molar-refractivity contribution in [1.29, 1.82) is 0 Å². The van der Waals surface area contributed by atoms with Crippen LogP contribution in [0.1, 0.15) is 16.7 Å². The molecule has 0 unspecified atom stereocenters. The molecule has 2 heterocycles. The third-order valence-corrected chi connectivity index (χ3v) is 3.49. The quantitative estimate of drug-likeness (QED) is 0.763. The molecule has 2 aromatic rings. The molecule has 20 heavy (non-hydrogen) atoms. The van der Waals surface area contributed by atoms with Crippen LogP contribution in [0.15, 0.2) is 58.6 Å². The van der Waals surface area contributed by atoms with Crippen molar-refractivity contribution in [2.45, 2.75) is 0 Å². The summed E-state index contributed by atoms with van der Waals surface area (Å²) in [6, 6.07) is 13.7. The van der Waals surface area contributed by atoms with Crippen molar-refractivity contribution in [2.24, 2.45) is 9.98 Å². The van der Waals surface area contributed by atoms with Gasteiger partial charge in [0.1, 0.15) is 0 Å². The number of hydrogen-bond acceptors (Lipinski definition) is 2. The number of benzene rings is 2. The van der Waals surface area contributed by atoms with Crippen LogP contribution in [0.25, 0.3) is 12.2 Å². The molecule has 0 saturated heterocycles. The molecule has 3 heteroatoms. The van der Waals surface area contributed by atoms with Gasteiger partial charge >= 0.3 is 0 Å². The molecule has 0 aromatic heterocycles. The zero-order valence-electron chi connectivity index (χ0n) is 10.6. The normalized spacial score (nSPS) is 15.0. The van der Waals surface area contributed by atoms with Crippen molar-refractivity contribution in [3.05, 3.63) is 75.9 Å². The molecule has 0 saturated carbocycles. The Bertz CT molecular complexity index is 906. The van der Waals surface area contributed by atoms with Gasteiger partial charge in [0.15, 0.2) is 0 Å². The molecule has 3 nitrogen and oxygen atoms in total. The Kier molecular flexibility index (Phi) is 2.27. The van der Waals surface area contributed by atoms with Crippen molar-refractivity contribution < 1.29 is 4.79 Å². The first kappa shape index (κ1) is 11.1. The fourth-order valence-electron chi connectivity index (χ4n) is 2.62. The molecule has 2 aliphatic rings. The van der Waals surface area contributed by atoms with Crippen LogP contribution in [0, 0.1) is 0 Å². The first-order chi connectivity index (χ1) is 9.83. The van der Waals surface area contributed by atoms with Crippen molar-refractivity contribution in [3.63, 3.8) is 0 Å². The van der Waals surface area contributed by atoms with Gasteiger partial charge < -0.3 is 0 Å². The maximum absolute atomic E-state index is 11.8. The lowest BCUT2D eigenvalue weighted by atomic mass is 9.93. The van der Waals surface area contributed by atoms with Crippen LogP contribution in [0.3, 0.4) is 0 Å². The SMILES string of the molecule is O=C1C=c2ccc3c(c2C(c2ccccc2)=N1)C=CN=3. The third kappa shape index (κ3) is 1.57. The second kappa shape index (κ2) is 4.10. The van der Waals surface area contributed by atoms with Crippen LogP contribution >= 0.6 is 0 Å². The Morgan fingerprint density at radius 2 is 1.80 bits per heavy atom. The zero-order chi connectivity index (χ0) is 13.5. The molecular weight excluding hydrogens is 248 g/mol. The number of fused-ring (bicyclic) bond motifs is 3. The summed E-state index contributed by atoms with van der Waals surface area (Å²) in [5.41, 5.74) is 3.70. The topological polar surface area (TPSA) is 41.8 Å².